The number of aromatic nitrogens is 2. The minimum absolute atomic E-state index is 0.476. The van der Waals surface area contributed by atoms with Crippen molar-refractivity contribution in [2.45, 2.75) is 18.9 Å². The number of H-pyrrole nitrogens is 1. The van der Waals surface area contributed by atoms with Gasteiger partial charge in [-0.1, -0.05) is 18.2 Å². The quantitative estimate of drug-likeness (QED) is 0.833. The van der Waals surface area contributed by atoms with E-state index in [1.807, 2.05) is 0 Å². The normalized spacial score (nSPS) is 21.3. The predicted molar refractivity (Wildman–Crippen MR) is 63.8 cm³/mol. The minimum atomic E-state index is 0.476. The van der Waals surface area contributed by atoms with E-state index in [0.29, 0.717) is 6.04 Å². The van der Waals surface area contributed by atoms with Crippen molar-refractivity contribution in [3.8, 4) is 0 Å². The Kier molecular flexibility index (Phi) is 2.25. The highest BCUT2D eigenvalue weighted by atomic mass is 79.9. The highest BCUT2D eigenvalue weighted by Crippen LogP contribution is 2.30. The van der Waals surface area contributed by atoms with E-state index in [4.69, 9.17) is 0 Å². The summed E-state index contributed by atoms with van der Waals surface area (Å²) < 4.78 is 0.970. The molecule has 1 unspecified atom stereocenters. The van der Waals surface area contributed by atoms with Crippen molar-refractivity contribution in [2.75, 3.05) is 6.54 Å². The Morgan fingerprint density at radius 2 is 2.33 bits per heavy atom. The van der Waals surface area contributed by atoms with Crippen LogP contribution in [0.15, 0.2) is 22.8 Å². The van der Waals surface area contributed by atoms with Crippen molar-refractivity contribution in [2.24, 2.45) is 0 Å². The third kappa shape index (κ3) is 1.48. The number of nitrogens with one attached hydrogen (secondary N) is 2. The molecular weight excluding hydrogens is 254 g/mol. The van der Waals surface area contributed by atoms with Gasteiger partial charge in [0.2, 0.25) is 0 Å². The van der Waals surface area contributed by atoms with Crippen LogP contribution >= 0.6 is 15.9 Å². The lowest BCUT2D eigenvalue weighted by Gasteiger charge is -2.10. The molecule has 4 heteroatoms. The number of halogens is 1. The lowest BCUT2D eigenvalue weighted by Crippen LogP contribution is -2.13. The number of aromatic amines is 1. The average Bonchev–Trinajstić information content (AvgIpc) is 2.88. The van der Waals surface area contributed by atoms with E-state index in [2.05, 4.69) is 49.6 Å². The van der Waals surface area contributed by atoms with Crippen LogP contribution in [0, 0.1) is 0 Å². The smallest absolute Gasteiger partial charge is 0.108 e. The molecule has 1 atom stereocenters. The number of hydrogen-bond acceptors (Lipinski definition) is 2. The van der Waals surface area contributed by atoms with Crippen LogP contribution in [-0.2, 0) is 0 Å². The van der Waals surface area contributed by atoms with Crippen LogP contribution in [0.2, 0.25) is 0 Å². The zero-order valence-electron chi connectivity index (χ0n) is 8.26. The summed E-state index contributed by atoms with van der Waals surface area (Å²) in [5.74, 6) is 0. The molecule has 0 spiro atoms. The van der Waals surface area contributed by atoms with Crippen molar-refractivity contribution in [1.29, 1.82) is 0 Å². The first kappa shape index (κ1) is 9.36. The molecular formula is C11H12BrN3. The molecule has 0 aliphatic carbocycles. The molecule has 1 aromatic heterocycles. The summed E-state index contributed by atoms with van der Waals surface area (Å²) in [4.78, 5) is 0. The maximum Gasteiger partial charge on any atom is 0.108 e. The van der Waals surface area contributed by atoms with E-state index < -0.39 is 0 Å². The largest absolute Gasteiger partial charge is 0.310 e. The van der Waals surface area contributed by atoms with Crippen molar-refractivity contribution in [3.63, 3.8) is 0 Å². The fourth-order valence-corrected chi connectivity index (χ4v) is 2.67. The van der Waals surface area contributed by atoms with Gasteiger partial charge in [0.1, 0.15) is 4.60 Å². The van der Waals surface area contributed by atoms with Crippen LogP contribution in [-0.4, -0.2) is 16.7 Å². The fraction of sp³-hybridized carbons (Fsp3) is 0.364. The molecule has 15 heavy (non-hydrogen) atoms. The first-order chi connectivity index (χ1) is 7.36. The van der Waals surface area contributed by atoms with Crippen LogP contribution in [0.5, 0.6) is 0 Å². The van der Waals surface area contributed by atoms with Crippen molar-refractivity contribution in [1.82, 2.24) is 15.5 Å². The monoisotopic (exact) mass is 265 g/mol. The molecule has 0 amide bonds. The summed E-state index contributed by atoms with van der Waals surface area (Å²) in [6.07, 6.45) is 2.47. The third-order valence-corrected chi connectivity index (χ3v) is 3.61. The van der Waals surface area contributed by atoms with E-state index in [1.54, 1.807) is 0 Å². The molecule has 0 bridgehead atoms. The van der Waals surface area contributed by atoms with Gasteiger partial charge in [-0.15, -0.1) is 0 Å². The third-order valence-electron chi connectivity index (χ3n) is 3.01. The number of rotatable bonds is 1. The summed E-state index contributed by atoms with van der Waals surface area (Å²) in [6.45, 7) is 1.12. The number of hydrogen-bond donors (Lipinski definition) is 2. The van der Waals surface area contributed by atoms with Gasteiger partial charge in [0.25, 0.3) is 0 Å². The Labute approximate surface area is 96.4 Å². The van der Waals surface area contributed by atoms with Crippen LogP contribution in [0.1, 0.15) is 24.4 Å². The van der Waals surface area contributed by atoms with Crippen LogP contribution < -0.4 is 5.32 Å². The standard InChI is InChI=1S/C11H12BrN3/c12-11-8-4-1-3-7(10(8)14-15-11)9-5-2-6-13-9/h1,3-4,9,13H,2,5-6H2,(H,14,15). The van der Waals surface area contributed by atoms with E-state index in [-0.39, 0.29) is 0 Å². The molecule has 1 fully saturated rings. The van der Waals surface area contributed by atoms with Gasteiger partial charge in [0, 0.05) is 11.4 Å². The number of benzene rings is 1. The zero-order chi connectivity index (χ0) is 10.3. The number of para-hydroxylation sites is 1. The van der Waals surface area contributed by atoms with E-state index in [9.17, 15) is 0 Å². The Morgan fingerprint density at radius 1 is 1.40 bits per heavy atom. The summed E-state index contributed by atoms with van der Waals surface area (Å²) in [5, 5.41) is 12.0. The highest BCUT2D eigenvalue weighted by Gasteiger charge is 2.19. The summed E-state index contributed by atoms with van der Waals surface area (Å²) in [5.41, 5.74) is 2.40. The fourth-order valence-electron chi connectivity index (χ4n) is 2.26. The average molecular weight is 266 g/mol. The molecule has 0 radical (unpaired) electrons. The second-order valence-corrected chi connectivity index (χ2v) is 4.72. The molecule has 2 N–H and O–H groups in total. The van der Waals surface area contributed by atoms with Crippen molar-refractivity contribution < 1.29 is 0 Å². The van der Waals surface area contributed by atoms with Crippen LogP contribution in [0.3, 0.4) is 0 Å². The van der Waals surface area contributed by atoms with Crippen LogP contribution in [0.4, 0.5) is 0 Å². The molecule has 0 saturated carbocycles. The van der Waals surface area contributed by atoms with E-state index in [1.165, 1.54) is 23.8 Å². The van der Waals surface area contributed by atoms with E-state index in [0.717, 1.165) is 16.7 Å². The first-order valence-corrected chi connectivity index (χ1v) is 6.01. The van der Waals surface area contributed by atoms with Gasteiger partial charge in [-0.2, -0.15) is 5.10 Å². The topological polar surface area (TPSA) is 40.7 Å². The van der Waals surface area contributed by atoms with Gasteiger partial charge in [0.05, 0.1) is 5.52 Å². The minimum Gasteiger partial charge on any atom is -0.310 e. The number of nitrogens with zero attached hydrogens (tertiary/aromatic N) is 1. The summed E-state index contributed by atoms with van der Waals surface area (Å²) >= 11 is 3.47. The Bertz CT molecular complexity index is 486. The molecule has 1 saturated heterocycles. The predicted octanol–water partition coefficient (Wildman–Crippen LogP) is 2.75. The molecule has 1 aromatic carbocycles. The zero-order valence-corrected chi connectivity index (χ0v) is 9.84. The first-order valence-electron chi connectivity index (χ1n) is 5.22. The Balaban J connectivity index is 2.17. The Hall–Kier alpha value is -0.870. The van der Waals surface area contributed by atoms with Crippen LogP contribution in [0.25, 0.3) is 10.9 Å². The van der Waals surface area contributed by atoms with Gasteiger partial charge in [-0.25, -0.2) is 0 Å². The molecule has 3 nitrogen and oxygen atoms in total. The summed E-state index contributed by atoms with van der Waals surface area (Å²) in [6, 6.07) is 6.82. The van der Waals surface area contributed by atoms with Gasteiger partial charge < -0.3 is 5.32 Å². The van der Waals surface area contributed by atoms with Crippen molar-refractivity contribution >= 4 is 26.8 Å². The summed E-state index contributed by atoms with van der Waals surface area (Å²) in [7, 11) is 0. The maximum atomic E-state index is 4.35. The molecule has 2 aromatic rings. The second-order valence-electron chi connectivity index (χ2n) is 3.93. The van der Waals surface area contributed by atoms with E-state index >= 15 is 0 Å². The molecule has 78 valence electrons. The second kappa shape index (κ2) is 3.61. The van der Waals surface area contributed by atoms with Gasteiger partial charge in [-0.05, 0) is 40.9 Å². The molecule has 1 aliphatic heterocycles. The van der Waals surface area contributed by atoms with Gasteiger partial charge >= 0.3 is 0 Å². The highest BCUT2D eigenvalue weighted by molar-refractivity contribution is 9.10. The Morgan fingerprint density at radius 3 is 3.13 bits per heavy atom. The lowest BCUT2D eigenvalue weighted by molar-refractivity contribution is 0.651. The SMILES string of the molecule is Brc1[nH]nc2c(C3CCCN3)cccc12. The molecule has 3 rings (SSSR count). The van der Waals surface area contributed by atoms with Crippen molar-refractivity contribution in [3.05, 3.63) is 28.4 Å². The lowest BCUT2D eigenvalue weighted by atomic mass is 10.0. The molecule has 1 aliphatic rings. The maximum absolute atomic E-state index is 4.35. The van der Waals surface area contributed by atoms with Gasteiger partial charge in [-0.3, -0.25) is 5.10 Å². The number of fused-ring (bicyclic) bond motifs is 1. The van der Waals surface area contributed by atoms with Gasteiger partial charge in [0.15, 0.2) is 0 Å². The molecule has 2 heterocycles.